The molecule has 1 aliphatic rings. The average Bonchev–Trinajstić information content (AvgIpc) is 2.53. The van der Waals surface area contributed by atoms with E-state index in [0.717, 1.165) is 48.2 Å². The molecule has 1 atom stereocenters. The highest BCUT2D eigenvalue weighted by molar-refractivity contribution is 5.93. The molecule has 0 aliphatic carbocycles. The number of pyridine rings is 1. The summed E-state index contributed by atoms with van der Waals surface area (Å²) < 4.78 is 0. The van der Waals surface area contributed by atoms with Crippen LogP contribution in [0, 0.1) is 23.0 Å². The molecule has 3 rings (SSSR count). The molecule has 1 aliphatic heterocycles. The molecule has 6 heteroatoms. The van der Waals surface area contributed by atoms with Gasteiger partial charge in [-0.3, -0.25) is 15.1 Å². The van der Waals surface area contributed by atoms with Crippen molar-refractivity contribution in [2.75, 3.05) is 18.0 Å². The number of aryl methyl sites for hydroxylation is 1. The Kier molecular flexibility index (Phi) is 4.17. The van der Waals surface area contributed by atoms with Crippen molar-refractivity contribution in [3.05, 3.63) is 40.1 Å². The van der Waals surface area contributed by atoms with Crippen LogP contribution >= 0.6 is 0 Å². The van der Waals surface area contributed by atoms with E-state index < -0.39 is 0 Å². The smallest absolute Gasteiger partial charge is 0.270 e. The number of fused-ring (bicyclic) bond motifs is 1. The van der Waals surface area contributed by atoms with Gasteiger partial charge in [0.25, 0.3) is 5.69 Å². The fraction of sp³-hybridized carbons (Fsp3) is 0.471. The number of aromatic nitrogens is 1. The summed E-state index contributed by atoms with van der Waals surface area (Å²) in [5, 5.41) is 21.6. The Morgan fingerprint density at radius 1 is 1.35 bits per heavy atom. The minimum Gasteiger partial charge on any atom is -0.393 e. The second kappa shape index (κ2) is 6.12. The molecule has 1 unspecified atom stereocenters. The highest BCUT2D eigenvalue weighted by Gasteiger charge is 2.24. The van der Waals surface area contributed by atoms with Crippen LogP contribution in [0.1, 0.15) is 25.5 Å². The van der Waals surface area contributed by atoms with Gasteiger partial charge in [-0.25, -0.2) is 0 Å². The molecule has 1 aromatic carbocycles. The van der Waals surface area contributed by atoms with Crippen LogP contribution in [-0.4, -0.2) is 34.2 Å². The van der Waals surface area contributed by atoms with Crippen LogP contribution in [-0.2, 0) is 0 Å². The molecule has 6 nitrogen and oxygen atoms in total. The van der Waals surface area contributed by atoms with Gasteiger partial charge in [0.1, 0.15) is 0 Å². The number of benzene rings is 1. The maximum atomic E-state index is 11.1. The summed E-state index contributed by atoms with van der Waals surface area (Å²) in [6.07, 6.45) is 1.57. The third-order valence-electron chi connectivity index (χ3n) is 4.67. The zero-order valence-electron chi connectivity index (χ0n) is 13.4. The molecule has 0 radical (unpaired) electrons. The highest BCUT2D eigenvalue weighted by Crippen LogP contribution is 2.33. The van der Waals surface area contributed by atoms with Crippen molar-refractivity contribution in [3.8, 4) is 0 Å². The minimum absolute atomic E-state index is 0.0864. The molecule has 122 valence electrons. The number of rotatable bonds is 3. The number of piperidine rings is 1. The van der Waals surface area contributed by atoms with E-state index in [4.69, 9.17) is 0 Å². The molecule has 0 spiro atoms. The highest BCUT2D eigenvalue weighted by atomic mass is 16.6. The monoisotopic (exact) mass is 315 g/mol. The van der Waals surface area contributed by atoms with Gasteiger partial charge in [0.05, 0.1) is 16.5 Å². The number of anilines is 1. The number of nitrogens with zero attached hydrogens (tertiary/aromatic N) is 3. The lowest BCUT2D eigenvalue weighted by Gasteiger charge is -2.35. The molecule has 1 saturated heterocycles. The normalized spacial score (nSPS) is 17.4. The molecule has 0 bridgehead atoms. The zero-order chi connectivity index (χ0) is 16.6. The summed E-state index contributed by atoms with van der Waals surface area (Å²) in [7, 11) is 0. The number of hydrogen-bond donors (Lipinski definition) is 1. The van der Waals surface area contributed by atoms with E-state index in [0.29, 0.717) is 5.92 Å². The molecule has 0 amide bonds. The topological polar surface area (TPSA) is 79.5 Å². The summed E-state index contributed by atoms with van der Waals surface area (Å²) in [5.74, 6) is 0.329. The maximum absolute atomic E-state index is 11.1. The lowest BCUT2D eigenvalue weighted by molar-refractivity contribution is -0.384. The second-order valence-corrected chi connectivity index (χ2v) is 6.31. The number of nitro benzene ring substituents is 1. The van der Waals surface area contributed by atoms with Crippen LogP contribution in [0.15, 0.2) is 24.3 Å². The Balaban J connectivity index is 1.99. The van der Waals surface area contributed by atoms with Gasteiger partial charge in [0.15, 0.2) is 0 Å². The zero-order valence-corrected chi connectivity index (χ0v) is 13.4. The summed E-state index contributed by atoms with van der Waals surface area (Å²) in [6, 6.07) is 6.82. The molecule has 2 heterocycles. The van der Waals surface area contributed by atoms with Crippen molar-refractivity contribution >= 4 is 22.3 Å². The van der Waals surface area contributed by atoms with E-state index in [1.54, 1.807) is 12.1 Å². The van der Waals surface area contributed by atoms with Crippen molar-refractivity contribution < 1.29 is 10.0 Å². The van der Waals surface area contributed by atoms with Gasteiger partial charge in [0, 0.05) is 42.0 Å². The Hall–Kier alpha value is -2.21. The van der Waals surface area contributed by atoms with E-state index in [1.165, 1.54) is 6.07 Å². The Morgan fingerprint density at radius 2 is 2.04 bits per heavy atom. The number of nitro groups is 1. The molecular weight excluding hydrogens is 294 g/mol. The van der Waals surface area contributed by atoms with Gasteiger partial charge < -0.3 is 10.0 Å². The predicted octanol–water partition coefficient (Wildman–Crippen LogP) is 3.05. The fourth-order valence-electron chi connectivity index (χ4n) is 3.32. The number of non-ortho nitro benzene ring substituents is 1. The van der Waals surface area contributed by atoms with Gasteiger partial charge in [-0.2, -0.15) is 0 Å². The van der Waals surface area contributed by atoms with E-state index in [1.807, 2.05) is 19.9 Å². The average molecular weight is 315 g/mol. The standard InChI is InChI=1S/C17H21N3O3/c1-11-9-17(19-7-5-13(6-8-19)12(2)21)15-10-14(20(22)23)3-4-16(15)18-11/h3-4,9-10,12-13,21H,5-8H2,1-2H3. The van der Waals surface area contributed by atoms with Crippen molar-refractivity contribution in [2.45, 2.75) is 32.8 Å². The first-order chi connectivity index (χ1) is 11.0. The van der Waals surface area contributed by atoms with Crippen molar-refractivity contribution in [2.24, 2.45) is 5.92 Å². The number of aliphatic hydroxyl groups is 1. The van der Waals surface area contributed by atoms with E-state index in [2.05, 4.69) is 9.88 Å². The van der Waals surface area contributed by atoms with Gasteiger partial charge >= 0.3 is 0 Å². The molecule has 1 fully saturated rings. The van der Waals surface area contributed by atoms with Crippen molar-refractivity contribution in [1.29, 1.82) is 0 Å². The van der Waals surface area contributed by atoms with Gasteiger partial charge in [-0.1, -0.05) is 0 Å². The predicted molar refractivity (Wildman–Crippen MR) is 89.8 cm³/mol. The molecule has 0 saturated carbocycles. The minimum atomic E-state index is -0.372. The molecule has 2 aromatic rings. The van der Waals surface area contributed by atoms with Gasteiger partial charge in [0.2, 0.25) is 0 Å². The van der Waals surface area contributed by atoms with Crippen molar-refractivity contribution in [1.82, 2.24) is 4.98 Å². The van der Waals surface area contributed by atoms with E-state index in [-0.39, 0.29) is 16.7 Å². The Bertz CT molecular complexity index is 737. The molecule has 23 heavy (non-hydrogen) atoms. The van der Waals surface area contributed by atoms with Crippen LogP contribution in [0.3, 0.4) is 0 Å². The molecular formula is C17H21N3O3. The lowest BCUT2D eigenvalue weighted by Crippen LogP contribution is -2.37. The van der Waals surface area contributed by atoms with E-state index in [9.17, 15) is 15.2 Å². The third kappa shape index (κ3) is 3.12. The second-order valence-electron chi connectivity index (χ2n) is 6.31. The van der Waals surface area contributed by atoms with Gasteiger partial charge in [-0.05, 0) is 44.7 Å². The first kappa shape index (κ1) is 15.7. The molecule has 1 aromatic heterocycles. The first-order valence-electron chi connectivity index (χ1n) is 7.94. The van der Waals surface area contributed by atoms with Crippen LogP contribution < -0.4 is 4.90 Å². The fourth-order valence-corrected chi connectivity index (χ4v) is 3.32. The summed E-state index contributed by atoms with van der Waals surface area (Å²) in [6.45, 7) is 5.47. The quantitative estimate of drug-likeness (QED) is 0.695. The SMILES string of the molecule is Cc1cc(N2CCC(C(C)O)CC2)c2cc([N+](=O)[O-])ccc2n1. The molecule has 1 N–H and O–H groups in total. The van der Waals surface area contributed by atoms with Crippen LogP contribution in [0.2, 0.25) is 0 Å². The third-order valence-corrected chi connectivity index (χ3v) is 4.67. The van der Waals surface area contributed by atoms with Crippen molar-refractivity contribution in [3.63, 3.8) is 0 Å². The first-order valence-corrected chi connectivity index (χ1v) is 7.94. The van der Waals surface area contributed by atoms with Crippen LogP contribution in [0.25, 0.3) is 10.9 Å². The van der Waals surface area contributed by atoms with E-state index >= 15 is 0 Å². The number of aliphatic hydroxyl groups excluding tert-OH is 1. The summed E-state index contributed by atoms with van der Waals surface area (Å²) >= 11 is 0. The van der Waals surface area contributed by atoms with Crippen LogP contribution in [0.5, 0.6) is 0 Å². The maximum Gasteiger partial charge on any atom is 0.270 e. The summed E-state index contributed by atoms with van der Waals surface area (Å²) in [4.78, 5) is 17.4. The largest absolute Gasteiger partial charge is 0.393 e. The Morgan fingerprint density at radius 3 is 2.65 bits per heavy atom. The number of hydrogen-bond acceptors (Lipinski definition) is 5. The Labute approximate surface area is 134 Å². The van der Waals surface area contributed by atoms with Gasteiger partial charge in [-0.15, -0.1) is 0 Å². The van der Waals surface area contributed by atoms with Crippen LogP contribution in [0.4, 0.5) is 11.4 Å². The summed E-state index contributed by atoms with van der Waals surface area (Å²) in [5.41, 5.74) is 2.77. The lowest BCUT2D eigenvalue weighted by atomic mass is 9.91.